The quantitative estimate of drug-likeness (QED) is 0.129. The lowest BCUT2D eigenvalue weighted by Gasteiger charge is -2.23. The van der Waals surface area contributed by atoms with Crippen LogP contribution in [0.25, 0.3) is 0 Å². The van der Waals surface area contributed by atoms with Gasteiger partial charge in [-0.25, -0.2) is 0 Å². The summed E-state index contributed by atoms with van der Waals surface area (Å²) in [6.07, 6.45) is 16.8. The van der Waals surface area contributed by atoms with Crippen molar-refractivity contribution < 1.29 is 19.1 Å². The van der Waals surface area contributed by atoms with Crippen LogP contribution in [0.3, 0.4) is 0 Å². The number of carbonyl (C=O) groups excluding carboxylic acids is 2. The third-order valence-corrected chi connectivity index (χ3v) is 6.17. The Bertz CT molecular complexity index is 438. The van der Waals surface area contributed by atoms with Crippen LogP contribution in [0.4, 0.5) is 0 Å². The number of carbonyl (C=O) groups is 2. The maximum Gasteiger partial charge on any atom is 0.305 e. The van der Waals surface area contributed by atoms with Crippen LogP contribution in [-0.2, 0) is 19.1 Å². The molecule has 0 amide bonds. The molecule has 0 saturated heterocycles. The van der Waals surface area contributed by atoms with Crippen LogP contribution in [0.2, 0.25) is 0 Å². The number of hydrogen-bond acceptors (Lipinski definition) is 4. The second-order valence-electron chi connectivity index (χ2n) is 11.2. The van der Waals surface area contributed by atoms with E-state index in [1.54, 1.807) is 0 Å². The molecule has 0 N–H and O–H groups in total. The first-order valence-corrected chi connectivity index (χ1v) is 13.4. The molecule has 0 aromatic carbocycles. The molecular weight excluding hydrogens is 400 g/mol. The summed E-state index contributed by atoms with van der Waals surface area (Å²) in [7, 11) is 0. The third-order valence-electron chi connectivity index (χ3n) is 6.17. The lowest BCUT2D eigenvalue weighted by molar-refractivity contribution is -0.147. The Labute approximate surface area is 199 Å². The van der Waals surface area contributed by atoms with Gasteiger partial charge >= 0.3 is 11.9 Å². The van der Waals surface area contributed by atoms with Crippen LogP contribution in [0.15, 0.2) is 0 Å². The van der Waals surface area contributed by atoms with Crippen molar-refractivity contribution in [3.8, 4) is 0 Å². The maximum atomic E-state index is 11.9. The summed E-state index contributed by atoms with van der Waals surface area (Å²) >= 11 is 0. The van der Waals surface area contributed by atoms with E-state index in [-0.39, 0.29) is 22.8 Å². The standard InChI is InChI=1S/C28H54O4/c1-7-9-21-27(3,4)23-31-25(29)19-17-15-13-11-12-14-16-18-20-26(30)32-24-28(5,6)22-10-8-2/h7-24H2,1-6H3. The summed E-state index contributed by atoms with van der Waals surface area (Å²) < 4.78 is 10.9. The highest BCUT2D eigenvalue weighted by Crippen LogP contribution is 2.24. The first-order valence-electron chi connectivity index (χ1n) is 13.4. The van der Waals surface area contributed by atoms with Crippen LogP contribution < -0.4 is 0 Å². The highest BCUT2D eigenvalue weighted by molar-refractivity contribution is 5.69. The summed E-state index contributed by atoms with van der Waals surface area (Å²) in [5.41, 5.74) is 0.182. The molecule has 0 bridgehead atoms. The summed E-state index contributed by atoms with van der Waals surface area (Å²) in [6, 6.07) is 0. The minimum atomic E-state index is -0.0461. The second-order valence-corrected chi connectivity index (χ2v) is 11.2. The molecule has 0 rings (SSSR count). The highest BCUT2D eigenvalue weighted by Gasteiger charge is 2.20. The van der Waals surface area contributed by atoms with E-state index in [9.17, 15) is 9.59 Å². The molecule has 0 spiro atoms. The Morgan fingerprint density at radius 3 is 1.16 bits per heavy atom. The minimum absolute atomic E-state index is 0.0461. The van der Waals surface area contributed by atoms with Gasteiger partial charge in [0.05, 0.1) is 13.2 Å². The Kier molecular flexibility index (Phi) is 17.8. The van der Waals surface area contributed by atoms with Crippen molar-refractivity contribution in [3.63, 3.8) is 0 Å². The molecule has 4 nitrogen and oxygen atoms in total. The molecule has 0 fully saturated rings. The number of esters is 2. The van der Waals surface area contributed by atoms with Gasteiger partial charge in [0, 0.05) is 12.8 Å². The molecule has 0 aliphatic carbocycles. The SMILES string of the molecule is CCCCC(C)(C)COC(=O)CCCCCCCCCCC(=O)OCC(C)(C)CCCC. The predicted molar refractivity (Wildman–Crippen MR) is 135 cm³/mol. The van der Waals surface area contributed by atoms with Crippen LogP contribution in [0, 0.1) is 10.8 Å². The fourth-order valence-corrected chi connectivity index (χ4v) is 3.75. The van der Waals surface area contributed by atoms with E-state index in [0.717, 1.165) is 38.5 Å². The van der Waals surface area contributed by atoms with Crippen molar-refractivity contribution in [2.45, 2.75) is 144 Å². The van der Waals surface area contributed by atoms with Gasteiger partial charge in [-0.15, -0.1) is 0 Å². The van der Waals surface area contributed by atoms with Crippen LogP contribution in [-0.4, -0.2) is 25.2 Å². The molecule has 190 valence electrons. The van der Waals surface area contributed by atoms with E-state index < -0.39 is 0 Å². The second kappa shape index (κ2) is 18.4. The van der Waals surface area contributed by atoms with E-state index in [0.29, 0.717) is 26.1 Å². The zero-order valence-corrected chi connectivity index (χ0v) is 22.4. The maximum absolute atomic E-state index is 11.9. The van der Waals surface area contributed by atoms with E-state index in [4.69, 9.17) is 9.47 Å². The van der Waals surface area contributed by atoms with Gasteiger partial charge in [0.2, 0.25) is 0 Å². The van der Waals surface area contributed by atoms with E-state index in [1.807, 2.05) is 0 Å². The van der Waals surface area contributed by atoms with Gasteiger partial charge < -0.3 is 9.47 Å². The number of hydrogen-bond donors (Lipinski definition) is 0. The van der Waals surface area contributed by atoms with Crippen molar-refractivity contribution >= 4 is 11.9 Å². The van der Waals surface area contributed by atoms with E-state index in [2.05, 4.69) is 41.5 Å². The summed E-state index contributed by atoms with van der Waals surface area (Å²) in [6.45, 7) is 14.2. The van der Waals surface area contributed by atoms with Crippen molar-refractivity contribution in [3.05, 3.63) is 0 Å². The molecule has 0 atom stereocenters. The minimum Gasteiger partial charge on any atom is -0.465 e. The first-order chi connectivity index (χ1) is 15.1. The van der Waals surface area contributed by atoms with Crippen molar-refractivity contribution in [2.24, 2.45) is 10.8 Å². The van der Waals surface area contributed by atoms with Crippen molar-refractivity contribution in [1.82, 2.24) is 0 Å². The molecule has 0 aliphatic heterocycles. The van der Waals surface area contributed by atoms with E-state index in [1.165, 1.54) is 51.4 Å². The molecule has 32 heavy (non-hydrogen) atoms. The molecule has 4 heteroatoms. The topological polar surface area (TPSA) is 52.6 Å². The highest BCUT2D eigenvalue weighted by atomic mass is 16.5. The average Bonchev–Trinajstić information content (AvgIpc) is 2.75. The molecule has 0 aromatic rings. The average molecular weight is 455 g/mol. The normalized spacial score (nSPS) is 12.1. The van der Waals surface area contributed by atoms with Gasteiger partial charge in [-0.2, -0.15) is 0 Å². The lowest BCUT2D eigenvalue weighted by atomic mass is 9.88. The fourth-order valence-electron chi connectivity index (χ4n) is 3.75. The van der Waals surface area contributed by atoms with Crippen LogP contribution >= 0.6 is 0 Å². The number of unbranched alkanes of at least 4 members (excludes halogenated alkanes) is 9. The third kappa shape index (κ3) is 19.6. The Morgan fingerprint density at radius 1 is 0.531 bits per heavy atom. The monoisotopic (exact) mass is 454 g/mol. The molecule has 0 saturated carbocycles. The molecule has 0 aromatic heterocycles. The fraction of sp³-hybridized carbons (Fsp3) is 0.929. The Balaban J connectivity index is 3.54. The van der Waals surface area contributed by atoms with Gasteiger partial charge in [0.25, 0.3) is 0 Å². The molecule has 0 heterocycles. The number of rotatable bonds is 21. The predicted octanol–water partition coefficient (Wildman–Crippen LogP) is 8.41. The van der Waals surface area contributed by atoms with Crippen LogP contribution in [0.5, 0.6) is 0 Å². The summed E-state index contributed by atoms with van der Waals surface area (Å²) in [5, 5.41) is 0. The largest absolute Gasteiger partial charge is 0.465 e. The zero-order chi connectivity index (χ0) is 24.3. The molecule has 0 aliphatic rings. The Hall–Kier alpha value is -1.06. The smallest absolute Gasteiger partial charge is 0.305 e. The van der Waals surface area contributed by atoms with Gasteiger partial charge in [-0.1, -0.05) is 106 Å². The van der Waals surface area contributed by atoms with Gasteiger partial charge in [-0.05, 0) is 36.5 Å². The first kappa shape index (κ1) is 30.9. The van der Waals surface area contributed by atoms with Crippen molar-refractivity contribution in [1.29, 1.82) is 0 Å². The Morgan fingerprint density at radius 2 is 0.844 bits per heavy atom. The molecular formula is C28H54O4. The van der Waals surface area contributed by atoms with Crippen molar-refractivity contribution in [2.75, 3.05) is 13.2 Å². The summed E-state index contributed by atoms with van der Waals surface area (Å²) in [5.74, 6) is -0.0922. The number of ether oxygens (including phenoxy) is 2. The van der Waals surface area contributed by atoms with Crippen LogP contribution in [0.1, 0.15) is 144 Å². The lowest BCUT2D eigenvalue weighted by Crippen LogP contribution is -2.21. The molecule has 0 unspecified atom stereocenters. The molecule has 0 radical (unpaired) electrons. The summed E-state index contributed by atoms with van der Waals surface area (Å²) in [4.78, 5) is 23.8. The van der Waals surface area contributed by atoms with Gasteiger partial charge in [-0.3, -0.25) is 9.59 Å². The zero-order valence-electron chi connectivity index (χ0n) is 22.4. The van der Waals surface area contributed by atoms with E-state index >= 15 is 0 Å². The van der Waals surface area contributed by atoms with Gasteiger partial charge in [0.1, 0.15) is 0 Å². The van der Waals surface area contributed by atoms with Gasteiger partial charge in [0.15, 0.2) is 0 Å².